The van der Waals surface area contributed by atoms with Crippen molar-refractivity contribution in [2.24, 2.45) is 16.6 Å². The quantitative estimate of drug-likeness (QED) is 0.758. The van der Waals surface area contributed by atoms with Gasteiger partial charge in [-0.2, -0.15) is 0 Å². The highest BCUT2D eigenvalue weighted by molar-refractivity contribution is 6.00. The lowest BCUT2D eigenvalue weighted by atomic mass is 10.0. The molecule has 108 valence electrons. The number of amides is 1. The van der Waals surface area contributed by atoms with E-state index in [1.165, 1.54) is 0 Å². The Morgan fingerprint density at radius 1 is 1.40 bits per heavy atom. The minimum atomic E-state index is -0.462. The van der Waals surface area contributed by atoms with E-state index in [4.69, 9.17) is 5.73 Å². The van der Waals surface area contributed by atoms with Crippen LogP contribution in [0, 0.1) is 5.92 Å². The second-order valence-electron chi connectivity index (χ2n) is 5.46. The van der Waals surface area contributed by atoms with Crippen LogP contribution in [0.4, 0.5) is 5.69 Å². The zero-order chi connectivity index (χ0) is 14.5. The molecule has 0 saturated heterocycles. The van der Waals surface area contributed by atoms with Crippen molar-refractivity contribution in [3.63, 3.8) is 0 Å². The summed E-state index contributed by atoms with van der Waals surface area (Å²) in [5.41, 5.74) is 7.65. The molecule has 0 fully saturated rings. The van der Waals surface area contributed by atoms with Gasteiger partial charge in [-0.15, -0.1) is 0 Å². The predicted octanol–water partition coefficient (Wildman–Crippen LogP) is 1.35. The third-order valence-corrected chi connectivity index (χ3v) is 3.16. The fourth-order valence-electron chi connectivity index (χ4n) is 2.15. The number of hydrogen-bond donors (Lipinski definition) is 3. The number of nitrogens with one attached hydrogen (secondary N) is 2. The van der Waals surface area contributed by atoms with Crippen molar-refractivity contribution in [3.8, 4) is 0 Å². The summed E-state index contributed by atoms with van der Waals surface area (Å²) in [6.07, 6.45) is 0.685. The molecule has 0 aromatic heterocycles. The lowest BCUT2D eigenvalue weighted by Gasteiger charge is -2.14. The van der Waals surface area contributed by atoms with Gasteiger partial charge in [0.1, 0.15) is 5.84 Å². The summed E-state index contributed by atoms with van der Waals surface area (Å²) >= 11 is 0. The largest absolute Gasteiger partial charge is 0.368 e. The first kappa shape index (κ1) is 14.5. The van der Waals surface area contributed by atoms with Crippen LogP contribution in [-0.2, 0) is 4.79 Å². The number of nitrogens with zero attached hydrogens (tertiary/aromatic N) is 1. The Hall–Kier alpha value is -1.88. The Balaban J connectivity index is 1.95. The molecule has 5 heteroatoms. The smallest absolute Gasteiger partial charge is 0.241 e. The summed E-state index contributed by atoms with van der Waals surface area (Å²) in [5, 5.41) is 6.06. The number of amidine groups is 1. The highest BCUT2D eigenvalue weighted by Gasteiger charge is 2.15. The van der Waals surface area contributed by atoms with Crippen molar-refractivity contribution >= 4 is 17.4 Å². The average Bonchev–Trinajstić information content (AvgIpc) is 2.92. The van der Waals surface area contributed by atoms with Gasteiger partial charge in [0.05, 0.1) is 12.6 Å². The molecule has 5 nitrogen and oxygen atoms in total. The molecule has 4 N–H and O–H groups in total. The normalized spacial score (nSPS) is 15.7. The maximum atomic E-state index is 11.9. The van der Waals surface area contributed by atoms with Crippen LogP contribution in [0.25, 0.3) is 0 Å². The van der Waals surface area contributed by atoms with Gasteiger partial charge >= 0.3 is 0 Å². The van der Waals surface area contributed by atoms with Gasteiger partial charge in [-0.3, -0.25) is 9.79 Å². The first-order chi connectivity index (χ1) is 9.56. The second kappa shape index (κ2) is 6.52. The Morgan fingerprint density at radius 2 is 2.10 bits per heavy atom. The van der Waals surface area contributed by atoms with Gasteiger partial charge in [0, 0.05) is 17.8 Å². The third-order valence-electron chi connectivity index (χ3n) is 3.16. The standard InChI is InChI=1S/C15H22N4O/c1-10(2)9-13(16)15(20)19-12-5-3-11(4-6-12)14-17-7-8-18-14/h3-6,10,13H,7-9,16H2,1-2H3,(H,17,18)(H,19,20)/t13-/m0/s1. The van der Waals surface area contributed by atoms with E-state index >= 15 is 0 Å². The summed E-state index contributed by atoms with van der Waals surface area (Å²) in [5.74, 6) is 1.19. The van der Waals surface area contributed by atoms with Gasteiger partial charge in [-0.25, -0.2) is 0 Å². The number of benzene rings is 1. The average molecular weight is 274 g/mol. The molecule has 1 atom stereocenters. The van der Waals surface area contributed by atoms with Gasteiger partial charge < -0.3 is 16.4 Å². The number of rotatable bonds is 5. The van der Waals surface area contributed by atoms with E-state index in [0.717, 1.165) is 30.2 Å². The minimum Gasteiger partial charge on any atom is -0.368 e. The van der Waals surface area contributed by atoms with Crippen LogP contribution < -0.4 is 16.4 Å². The van der Waals surface area contributed by atoms with E-state index in [-0.39, 0.29) is 5.91 Å². The third kappa shape index (κ3) is 3.81. The molecule has 0 radical (unpaired) electrons. The number of aliphatic imine (C=N–C) groups is 1. The van der Waals surface area contributed by atoms with Gasteiger partial charge in [-0.1, -0.05) is 13.8 Å². The summed E-state index contributed by atoms with van der Waals surface area (Å²) in [7, 11) is 0. The molecule has 0 saturated carbocycles. The molecule has 1 amide bonds. The minimum absolute atomic E-state index is 0.136. The van der Waals surface area contributed by atoms with Crippen molar-refractivity contribution in [2.45, 2.75) is 26.3 Å². The molecule has 0 bridgehead atoms. The maximum absolute atomic E-state index is 11.9. The molecule has 0 spiro atoms. The SMILES string of the molecule is CC(C)C[C@H](N)C(=O)Nc1ccc(C2=NCCN2)cc1. The van der Waals surface area contributed by atoms with Crippen LogP contribution in [0.1, 0.15) is 25.8 Å². The van der Waals surface area contributed by atoms with E-state index in [1.807, 2.05) is 24.3 Å². The fraction of sp³-hybridized carbons (Fsp3) is 0.467. The van der Waals surface area contributed by atoms with Gasteiger partial charge in [-0.05, 0) is 36.6 Å². The molecule has 1 aromatic carbocycles. The highest BCUT2D eigenvalue weighted by atomic mass is 16.2. The Bertz CT molecular complexity index is 493. The molecular formula is C15H22N4O. The summed E-state index contributed by atoms with van der Waals surface area (Å²) < 4.78 is 0. The predicted molar refractivity (Wildman–Crippen MR) is 81.9 cm³/mol. The van der Waals surface area contributed by atoms with E-state index in [1.54, 1.807) is 0 Å². The van der Waals surface area contributed by atoms with E-state index in [2.05, 4.69) is 29.5 Å². The van der Waals surface area contributed by atoms with Crippen molar-refractivity contribution < 1.29 is 4.79 Å². The number of hydrogen-bond acceptors (Lipinski definition) is 4. The van der Waals surface area contributed by atoms with Gasteiger partial charge in [0.25, 0.3) is 0 Å². The maximum Gasteiger partial charge on any atom is 0.241 e. The van der Waals surface area contributed by atoms with Crippen LogP contribution in [0.2, 0.25) is 0 Å². The van der Waals surface area contributed by atoms with Crippen LogP contribution in [0.5, 0.6) is 0 Å². The fourth-order valence-corrected chi connectivity index (χ4v) is 2.15. The van der Waals surface area contributed by atoms with E-state index in [9.17, 15) is 4.79 Å². The number of carbonyl (C=O) groups is 1. The molecule has 0 aliphatic carbocycles. The molecule has 1 aromatic rings. The van der Waals surface area contributed by atoms with Crippen molar-refractivity contribution in [1.29, 1.82) is 0 Å². The topological polar surface area (TPSA) is 79.5 Å². The van der Waals surface area contributed by atoms with Crippen LogP contribution in [0.3, 0.4) is 0 Å². The first-order valence-corrected chi connectivity index (χ1v) is 7.01. The van der Waals surface area contributed by atoms with Crippen molar-refractivity contribution in [3.05, 3.63) is 29.8 Å². The molecule has 0 unspecified atom stereocenters. The Labute approximate surface area is 119 Å². The number of nitrogens with two attached hydrogens (primary N) is 1. The molecule has 20 heavy (non-hydrogen) atoms. The van der Waals surface area contributed by atoms with Gasteiger partial charge in [0.15, 0.2) is 0 Å². The van der Waals surface area contributed by atoms with Crippen LogP contribution >= 0.6 is 0 Å². The molecule has 2 rings (SSSR count). The Morgan fingerprint density at radius 3 is 2.65 bits per heavy atom. The Kier molecular flexibility index (Phi) is 4.74. The molecule has 1 aliphatic rings. The first-order valence-electron chi connectivity index (χ1n) is 7.01. The van der Waals surface area contributed by atoms with Gasteiger partial charge in [0.2, 0.25) is 5.91 Å². The molecule has 1 heterocycles. The zero-order valence-corrected chi connectivity index (χ0v) is 12.0. The zero-order valence-electron chi connectivity index (χ0n) is 12.0. The second-order valence-corrected chi connectivity index (χ2v) is 5.46. The van der Waals surface area contributed by atoms with Crippen molar-refractivity contribution in [2.75, 3.05) is 18.4 Å². The number of anilines is 1. The lowest BCUT2D eigenvalue weighted by molar-refractivity contribution is -0.117. The molecular weight excluding hydrogens is 252 g/mol. The monoisotopic (exact) mass is 274 g/mol. The molecule has 1 aliphatic heterocycles. The van der Waals surface area contributed by atoms with Crippen LogP contribution in [0.15, 0.2) is 29.3 Å². The van der Waals surface area contributed by atoms with Crippen LogP contribution in [-0.4, -0.2) is 30.9 Å². The summed E-state index contributed by atoms with van der Waals surface area (Å²) in [6, 6.07) is 7.17. The van der Waals surface area contributed by atoms with E-state index in [0.29, 0.717) is 12.3 Å². The lowest BCUT2D eigenvalue weighted by Crippen LogP contribution is -2.36. The van der Waals surface area contributed by atoms with E-state index < -0.39 is 6.04 Å². The van der Waals surface area contributed by atoms with Crippen molar-refractivity contribution in [1.82, 2.24) is 5.32 Å². The number of carbonyl (C=O) groups excluding carboxylic acids is 1. The summed E-state index contributed by atoms with van der Waals surface area (Å²) in [4.78, 5) is 16.3. The highest BCUT2D eigenvalue weighted by Crippen LogP contribution is 2.12. The summed E-state index contributed by atoms with van der Waals surface area (Å²) in [6.45, 7) is 5.81.